The fraction of sp³-hybridized carbons (Fsp3) is 0.478. The molecule has 3 rings (SSSR count). The minimum absolute atomic E-state index is 0.0000888. The van der Waals surface area contributed by atoms with Crippen molar-refractivity contribution >= 4 is 0 Å². The maximum absolute atomic E-state index is 14.2. The van der Waals surface area contributed by atoms with Crippen LogP contribution in [0.4, 0.5) is 8.78 Å². The van der Waals surface area contributed by atoms with E-state index in [0.29, 0.717) is 18.1 Å². The summed E-state index contributed by atoms with van der Waals surface area (Å²) < 4.78 is 33.6. The van der Waals surface area contributed by atoms with E-state index in [1.807, 2.05) is 12.1 Å². The van der Waals surface area contributed by atoms with Crippen molar-refractivity contribution in [2.24, 2.45) is 5.92 Å². The molecule has 2 aromatic carbocycles. The summed E-state index contributed by atoms with van der Waals surface area (Å²) in [6, 6.07) is 11.0. The molecule has 0 bridgehead atoms. The van der Waals surface area contributed by atoms with Crippen LogP contribution in [0.5, 0.6) is 0 Å². The Balaban J connectivity index is 1.74. The van der Waals surface area contributed by atoms with Gasteiger partial charge >= 0.3 is 0 Å². The molecule has 140 valence electrons. The SMILES string of the molecule is CCOCc1c(F)cc(-c2ccc(C3CCC(CC)CC3)cc2)cc1F. The molecule has 2 aromatic rings. The summed E-state index contributed by atoms with van der Waals surface area (Å²) in [5.41, 5.74) is 2.76. The van der Waals surface area contributed by atoms with Crippen molar-refractivity contribution in [3.05, 3.63) is 59.2 Å². The fourth-order valence-electron chi connectivity index (χ4n) is 3.96. The Bertz CT molecular complexity index is 692. The summed E-state index contributed by atoms with van der Waals surface area (Å²) in [6.07, 6.45) is 6.38. The van der Waals surface area contributed by atoms with Crippen molar-refractivity contribution in [3.8, 4) is 11.1 Å². The predicted molar refractivity (Wildman–Crippen MR) is 102 cm³/mol. The summed E-state index contributed by atoms with van der Waals surface area (Å²) >= 11 is 0. The molecule has 1 aliphatic carbocycles. The third-order valence-corrected chi connectivity index (χ3v) is 5.73. The molecule has 1 saturated carbocycles. The highest BCUT2D eigenvalue weighted by atomic mass is 19.1. The third kappa shape index (κ3) is 4.32. The second-order valence-corrected chi connectivity index (χ2v) is 7.30. The van der Waals surface area contributed by atoms with E-state index in [4.69, 9.17) is 4.74 Å². The Labute approximate surface area is 155 Å². The second kappa shape index (κ2) is 8.77. The number of rotatable bonds is 6. The van der Waals surface area contributed by atoms with E-state index in [0.717, 1.165) is 11.5 Å². The summed E-state index contributed by atoms with van der Waals surface area (Å²) in [7, 11) is 0. The normalized spacial score (nSPS) is 20.3. The average Bonchev–Trinajstić information content (AvgIpc) is 2.67. The number of benzene rings is 2. The highest BCUT2D eigenvalue weighted by Crippen LogP contribution is 2.37. The van der Waals surface area contributed by atoms with Gasteiger partial charge in [-0.3, -0.25) is 0 Å². The molecular formula is C23H28F2O. The summed E-state index contributed by atoms with van der Waals surface area (Å²) in [5, 5.41) is 0. The zero-order chi connectivity index (χ0) is 18.5. The molecule has 1 fully saturated rings. The molecule has 0 atom stereocenters. The van der Waals surface area contributed by atoms with Crippen LogP contribution in [-0.4, -0.2) is 6.61 Å². The molecular weight excluding hydrogens is 330 g/mol. The van der Waals surface area contributed by atoms with Crippen molar-refractivity contribution in [2.45, 2.75) is 58.5 Å². The van der Waals surface area contributed by atoms with Crippen LogP contribution in [0.15, 0.2) is 36.4 Å². The van der Waals surface area contributed by atoms with E-state index in [1.165, 1.54) is 49.8 Å². The Hall–Kier alpha value is -1.74. The minimum atomic E-state index is -0.546. The third-order valence-electron chi connectivity index (χ3n) is 5.73. The molecule has 0 heterocycles. The molecule has 26 heavy (non-hydrogen) atoms. The van der Waals surface area contributed by atoms with Gasteiger partial charge in [-0.2, -0.15) is 0 Å². The molecule has 0 saturated heterocycles. The van der Waals surface area contributed by atoms with Crippen LogP contribution in [0.3, 0.4) is 0 Å². The van der Waals surface area contributed by atoms with Crippen LogP contribution in [0.25, 0.3) is 11.1 Å². The van der Waals surface area contributed by atoms with Gasteiger partial charge in [0.1, 0.15) is 11.6 Å². The van der Waals surface area contributed by atoms with Crippen molar-refractivity contribution in [1.82, 2.24) is 0 Å². The van der Waals surface area contributed by atoms with Crippen LogP contribution < -0.4 is 0 Å². The van der Waals surface area contributed by atoms with Gasteiger partial charge in [-0.15, -0.1) is 0 Å². The predicted octanol–water partition coefficient (Wildman–Crippen LogP) is 6.85. The van der Waals surface area contributed by atoms with Crippen LogP contribution in [0.1, 0.15) is 63.0 Å². The van der Waals surface area contributed by atoms with Crippen molar-refractivity contribution < 1.29 is 13.5 Å². The van der Waals surface area contributed by atoms with Crippen LogP contribution >= 0.6 is 0 Å². The van der Waals surface area contributed by atoms with Gasteiger partial charge in [-0.05, 0) is 73.3 Å². The van der Waals surface area contributed by atoms with Gasteiger partial charge in [0, 0.05) is 12.2 Å². The molecule has 3 heteroatoms. The van der Waals surface area contributed by atoms with Gasteiger partial charge in [-0.1, -0.05) is 37.6 Å². The molecule has 0 aliphatic heterocycles. The molecule has 0 N–H and O–H groups in total. The molecule has 0 amide bonds. The highest BCUT2D eigenvalue weighted by Gasteiger charge is 2.21. The fourth-order valence-corrected chi connectivity index (χ4v) is 3.96. The first-order valence-electron chi connectivity index (χ1n) is 9.78. The van der Waals surface area contributed by atoms with Gasteiger partial charge < -0.3 is 4.74 Å². The first-order chi connectivity index (χ1) is 12.6. The molecule has 0 aromatic heterocycles. The van der Waals surface area contributed by atoms with Crippen LogP contribution in [0.2, 0.25) is 0 Å². The number of hydrogen-bond donors (Lipinski definition) is 0. The maximum Gasteiger partial charge on any atom is 0.132 e. The molecule has 0 radical (unpaired) electrons. The van der Waals surface area contributed by atoms with E-state index < -0.39 is 11.6 Å². The number of hydrogen-bond acceptors (Lipinski definition) is 1. The lowest BCUT2D eigenvalue weighted by Crippen LogP contribution is -2.12. The van der Waals surface area contributed by atoms with Crippen LogP contribution in [-0.2, 0) is 11.3 Å². The Morgan fingerprint density at radius 1 is 0.885 bits per heavy atom. The second-order valence-electron chi connectivity index (χ2n) is 7.30. The van der Waals surface area contributed by atoms with Gasteiger partial charge in [0.05, 0.1) is 6.61 Å². The zero-order valence-electron chi connectivity index (χ0n) is 15.7. The zero-order valence-corrected chi connectivity index (χ0v) is 15.7. The first-order valence-corrected chi connectivity index (χ1v) is 9.78. The van der Waals surface area contributed by atoms with Gasteiger partial charge in [0.25, 0.3) is 0 Å². The topological polar surface area (TPSA) is 9.23 Å². The number of halogens is 2. The summed E-state index contributed by atoms with van der Waals surface area (Å²) in [6.45, 7) is 4.48. The molecule has 0 unspecified atom stereocenters. The monoisotopic (exact) mass is 358 g/mol. The van der Waals surface area contributed by atoms with E-state index in [2.05, 4.69) is 19.1 Å². The maximum atomic E-state index is 14.2. The standard InChI is InChI=1S/C23H28F2O/c1-3-16-5-7-17(8-6-16)18-9-11-19(12-10-18)20-13-22(24)21(15-26-4-2)23(25)14-20/h9-14,16-17H,3-8,15H2,1-2H3. The Morgan fingerprint density at radius 3 is 2.04 bits per heavy atom. The first kappa shape index (κ1) is 19.0. The quantitative estimate of drug-likeness (QED) is 0.548. The Kier molecular flexibility index (Phi) is 6.42. The lowest BCUT2D eigenvalue weighted by Gasteiger charge is -2.28. The van der Waals surface area contributed by atoms with Gasteiger partial charge in [0.15, 0.2) is 0 Å². The Morgan fingerprint density at radius 2 is 1.50 bits per heavy atom. The smallest absolute Gasteiger partial charge is 0.132 e. The average molecular weight is 358 g/mol. The minimum Gasteiger partial charge on any atom is -0.377 e. The van der Waals surface area contributed by atoms with E-state index >= 15 is 0 Å². The largest absolute Gasteiger partial charge is 0.377 e. The summed E-state index contributed by atoms with van der Waals surface area (Å²) in [4.78, 5) is 0. The highest BCUT2D eigenvalue weighted by molar-refractivity contribution is 5.64. The summed E-state index contributed by atoms with van der Waals surface area (Å²) in [5.74, 6) is 0.409. The van der Waals surface area contributed by atoms with Crippen LogP contribution in [0, 0.1) is 17.6 Å². The lowest BCUT2D eigenvalue weighted by atomic mass is 9.77. The van der Waals surface area contributed by atoms with E-state index in [9.17, 15) is 8.78 Å². The van der Waals surface area contributed by atoms with Crippen molar-refractivity contribution in [3.63, 3.8) is 0 Å². The van der Waals surface area contributed by atoms with Crippen molar-refractivity contribution in [1.29, 1.82) is 0 Å². The van der Waals surface area contributed by atoms with E-state index in [1.54, 1.807) is 6.92 Å². The lowest BCUT2D eigenvalue weighted by molar-refractivity contribution is 0.128. The molecule has 1 aliphatic rings. The van der Waals surface area contributed by atoms with Crippen molar-refractivity contribution in [2.75, 3.05) is 6.61 Å². The van der Waals surface area contributed by atoms with Gasteiger partial charge in [0.2, 0.25) is 0 Å². The van der Waals surface area contributed by atoms with Gasteiger partial charge in [-0.25, -0.2) is 8.78 Å². The van der Waals surface area contributed by atoms with E-state index in [-0.39, 0.29) is 12.2 Å². The molecule has 0 spiro atoms. The number of ether oxygens (including phenoxy) is 1. The molecule has 1 nitrogen and oxygen atoms in total.